The number of nitrogens with one attached hydrogen (secondary N) is 1. The molecule has 0 spiro atoms. The number of hydrogen-bond acceptors (Lipinski definition) is 4. The lowest BCUT2D eigenvalue weighted by Gasteiger charge is -2.20. The maximum absolute atomic E-state index is 12.2. The number of ether oxygens (including phenoxy) is 1. The Hall–Kier alpha value is -1.70. The Morgan fingerprint density at radius 3 is 2.67 bits per heavy atom. The van der Waals surface area contributed by atoms with Gasteiger partial charge in [-0.05, 0) is 57.6 Å². The number of thiazole rings is 1. The molecule has 4 nitrogen and oxygen atoms in total. The van der Waals surface area contributed by atoms with Crippen molar-refractivity contribution < 1.29 is 9.53 Å². The number of rotatable bonds is 7. The zero-order valence-corrected chi connectivity index (χ0v) is 21.2. The molecular weight excluding hydrogens is 528 g/mol. The molecular formula is C23H24Br2N2O2S. The van der Waals surface area contributed by atoms with Crippen molar-refractivity contribution in [1.82, 2.24) is 4.98 Å². The molecule has 30 heavy (non-hydrogen) atoms. The number of anilines is 1. The van der Waals surface area contributed by atoms with Gasteiger partial charge in [0.25, 0.3) is 0 Å². The standard InChI is InChI=1S/C23H24Br2N2O2S/c1-23(2,3)16-9-10-20(18(25)13-16)29-11-5-8-21(28)27-22-26-19(14-30-22)15-6-4-7-17(24)12-15/h4,6-7,9-10,12-14H,5,8,11H2,1-3H3,(H,26,27,28). The van der Waals surface area contributed by atoms with E-state index < -0.39 is 0 Å². The lowest BCUT2D eigenvalue weighted by Crippen LogP contribution is -2.13. The second kappa shape index (κ2) is 10.1. The summed E-state index contributed by atoms with van der Waals surface area (Å²) in [5, 5.41) is 5.42. The van der Waals surface area contributed by atoms with Crippen molar-refractivity contribution >= 4 is 54.2 Å². The maximum Gasteiger partial charge on any atom is 0.226 e. The molecule has 0 saturated carbocycles. The van der Waals surface area contributed by atoms with Gasteiger partial charge in [-0.1, -0.05) is 54.9 Å². The third kappa shape index (κ3) is 6.40. The second-order valence-corrected chi connectivity index (χ2v) is 10.6. The van der Waals surface area contributed by atoms with Gasteiger partial charge in [0, 0.05) is 21.8 Å². The molecule has 1 N–H and O–H groups in total. The monoisotopic (exact) mass is 550 g/mol. The third-order valence-corrected chi connectivity index (χ3v) is 6.35. The Kier molecular flexibility index (Phi) is 7.71. The van der Waals surface area contributed by atoms with Gasteiger partial charge in [0.2, 0.25) is 5.91 Å². The first kappa shape index (κ1) is 23.0. The summed E-state index contributed by atoms with van der Waals surface area (Å²) in [5.74, 6) is 0.734. The van der Waals surface area contributed by atoms with E-state index in [1.165, 1.54) is 16.9 Å². The van der Waals surface area contributed by atoms with E-state index in [4.69, 9.17) is 4.74 Å². The van der Waals surface area contributed by atoms with Crippen LogP contribution in [-0.4, -0.2) is 17.5 Å². The number of aromatic nitrogens is 1. The lowest BCUT2D eigenvalue weighted by atomic mass is 9.87. The molecule has 1 aromatic heterocycles. The van der Waals surface area contributed by atoms with Crippen molar-refractivity contribution in [2.75, 3.05) is 11.9 Å². The highest BCUT2D eigenvalue weighted by Gasteiger charge is 2.15. The number of benzene rings is 2. The molecule has 0 atom stereocenters. The van der Waals surface area contributed by atoms with Crippen LogP contribution in [0.25, 0.3) is 11.3 Å². The summed E-state index contributed by atoms with van der Waals surface area (Å²) in [6, 6.07) is 14.1. The normalized spacial score (nSPS) is 11.4. The topological polar surface area (TPSA) is 51.2 Å². The summed E-state index contributed by atoms with van der Waals surface area (Å²) in [5.41, 5.74) is 3.19. The van der Waals surface area contributed by atoms with Crippen LogP contribution >= 0.6 is 43.2 Å². The number of nitrogens with zero attached hydrogens (tertiary/aromatic N) is 1. The van der Waals surface area contributed by atoms with E-state index in [-0.39, 0.29) is 11.3 Å². The van der Waals surface area contributed by atoms with Crippen molar-refractivity contribution in [3.05, 3.63) is 62.4 Å². The minimum absolute atomic E-state index is 0.0594. The summed E-state index contributed by atoms with van der Waals surface area (Å²) in [4.78, 5) is 16.7. The lowest BCUT2D eigenvalue weighted by molar-refractivity contribution is -0.116. The molecule has 1 amide bonds. The first-order chi connectivity index (χ1) is 14.2. The van der Waals surface area contributed by atoms with E-state index in [1.54, 1.807) is 0 Å². The van der Waals surface area contributed by atoms with Gasteiger partial charge in [0.1, 0.15) is 5.75 Å². The van der Waals surface area contributed by atoms with Crippen LogP contribution in [0.3, 0.4) is 0 Å². The Labute approximate surface area is 198 Å². The second-order valence-electron chi connectivity index (χ2n) is 7.94. The average Bonchev–Trinajstić information content (AvgIpc) is 3.14. The maximum atomic E-state index is 12.2. The molecule has 0 saturated heterocycles. The van der Waals surface area contributed by atoms with E-state index >= 15 is 0 Å². The van der Waals surface area contributed by atoms with E-state index in [2.05, 4.69) is 75.1 Å². The van der Waals surface area contributed by atoms with Gasteiger partial charge in [0.05, 0.1) is 16.8 Å². The summed E-state index contributed by atoms with van der Waals surface area (Å²) >= 11 is 8.47. The van der Waals surface area contributed by atoms with E-state index in [9.17, 15) is 4.79 Å². The average molecular weight is 552 g/mol. The zero-order chi connectivity index (χ0) is 21.7. The number of carbonyl (C=O) groups excluding carboxylic acids is 1. The molecule has 0 unspecified atom stereocenters. The number of amides is 1. The molecule has 0 aliphatic heterocycles. The summed E-state index contributed by atoms with van der Waals surface area (Å²) in [7, 11) is 0. The summed E-state index contributed by atoms with van der Waals surface area (Å²) in [6.07, 6.45) is 1.01. The van der Waals surface area contributed by atoms with Gasteiger partial charge < -0.3 is 10.1 Å². The molecule has 0 fully saturated rings. The summed E-state index contributed by atoms with van der Waals surface area (Å²) < 4.78 is 7.76. The van der Waals surface area contributed by atoms with Crippen molar-refractivity contribution in [3.8, 4) is 17.0 Å². The quantitative estimate of drug-likeness (QED) is 0.310. The minimum Gasteiger partial charge on any atom is -0.492 e. The van der Waals surface area contributed by atoms with Gasteiger partial charge in [-0.15, -0.1) is 11.3 Å². The minimum atomic E-state index is -0.0594. The molecule has 1 heterocycles. The molecule has 7 heteroatoms. The van der Waals surface area contributed by atoms with E-state index in [0.717, 1.165) is 26.0 Å². The molecule has 3 rings (SSSR count). The Morgan fingerprint density at radius 1 is 1.17 bits per heavy atom. The molecule has 0 radical (unpaired) electrons. The third-order valence-electron chi connectivity index (χ3n) is 4.47. The van der Waals surface area contributed by atoms with Crippen LogP contribution < -0.4 is 10.1 Å². The van der Waals surface area contributed by atoms with Gasteiger partial charge in [-0.2, -0.15) is 0 Å². The molecule has 158 valence electrons. The smallest absolute Gasteiger partial charge is 0.226 e. The van der Waals surface area contributed by atoms with E-state index in [0.29, 0.717) is 24.6 Å². The molecule has 0 bridgehead atoms. The molecule has 3 aromatic rings. The van der Waals surface area contributed by atoms with Crippen LogP contribution in [0.1, 0.15) is 39.2 Å². The van der Waals surface area contributed by atoms with Crippen LogP contribution in [-0.2, 0) is 10.2 Å². The van der Waals surface area contributed by atoms with E-state index in [1.807, 2.05) is 35.7 Å². The van der Waals surface area contributed by atoms with Crippen LogP contribution in [0.2, 0.25) is 0 Å². The number of carbonyl (C=O) groups is 1. The predicted molar refractivity (Wildman–Crippen MR) is 131 cm³/mol. The van der Waals surface area contributed by atoms with Gasteiger partial charge in [-0.3, -0.25) is 4.79 Å². The Bertz CT molecular complexity index is 1030. The Morgan fingerprint density at radius 2 is 1.97 bits per heavy atom. The van der Waals surface area contributed by atoms with Gasteiger partial charge in [0.15, 0.2) is 5.13 Å². The van der Waals surface area contributed by atoms with Crippen molar-refractivity contribution in [2.45, 2.75) is 39.0 Å². The fourth-order valence-corrected chi connectivity index (χ4v) is 4.42. The number of halogens is 2. The van der Waals surface area contributed by atoms with Crippen molar-refractivity contribution in [1.29, 1.82) is 0 Å². The van der Waals surface area contributed by atoms with Crippen molar-refractivity contribution in [3.63, 3.8) is 0 Å². The molecule has 2 aromatic carbocycles. The summed E-state index contributed by atoms with van der Waals surface area (Å²) in [6.45, 7) is 7.01. The van der Waals surface area contributed by atoms with Crippen molar-refractivity contribution in [2.24, 2.45) is 0 Å². The highest BCUT2D eigenvalue weighted by atomic mass is 79.9. The fraction of sp³-hybridized carbons (Fsp3) is 0.304. The molecule has 0 aliphatic carbocycles. The predicted octanol–water partition coefficient (Wildman–Crippen LogP) is 7.43. The first-order valence-electron chi connectivity index (χ1n) is 9.66. The van der Waals surface area contributed by atoms with Crippen LogP contribution in [0, 0.1) is 0 Å². The first-order valence-corrected chi connectivity index (χ1v) is 12.1. The molecule has 0 aliphatic rings. The van der Waals surface area contributed by atoms with Crippen LogP contribution in [0.15, 0.2) is 56.8 Å². The largest absolute Gasteiger partial charge is 0.492 e. The van der Waals surface area contributed by atoms with Crippen LogP contribution in [0.5, 0.6) is 5.75 Å². The van der Waals surface area contributed by atoms with Gasteiger partial charge in [-0.25, -0.2) is 4.98 Å². The fourth-order valence-electron chi connectivity index (χ4n) is 2.79. The highest BCUT2D eigenvalue weighted by Crippen LogP contribution is 2.31. The van der Waals surface area contributed by atoms with Crippen LogP contribution in [0.4, 0.5) is 5.13 Å². The Balaban J connectivity index is 1.46. The zero-order valence-electron chi connectivity index (χ0n) is 17.2. The highest BCUT2D eigenvalue weighted by molar-refractivity contribution is 9.10. The van der Waals surface area contributed by atoms with Gasteiger partial charge >= 0.3 is 0 Å². The number of hydrogen-bond donors (Lipinski definition) is 1. The SMILES string of the molecule is CC(C)(C)c1ccc(OCCCC(=O)Nc2nc(-c3cccc(Br)c3)cs2)c(Br)c1.